The minimum atomic E-state index is 0. The molecule has 0 aromatic heterocycles. The Morgan fingerprint density at radius 3 is 0.303 bits per heavy atom. The average Bonchev–Trinajstić information content (AvgIpc) is 0.750. The van der Waals surface area contributed by atoms with Crippen molar-refractivity contribution in [3.8, 4) is 0 Å². The van der Waals surface area contributed by atoms with Gasteiger partial charge in [0.05, 0.1) is 0 Å². The van der Waals surface area contributed by atoms with Crippen molar-refractivity contribution in [2.45, 2.75) is 224 Å². The molecule has 0 fully saturated rings. The van der Waals surface area contributed by atoms with Crippen LogP contribution in [0.1, 0.15) is 242 Å². The number of carbonyl (C=O) groups is 6. The Morgan fingerprint density at radius 1 is 0.159 bits per heavy atom. The zero-order valence-corrected chi connectivity index (χ0v) is 79.8. The van der Waals surface area contributed by atoms with Gasteiger partial charge in [-0.1, -0.05) is 529 Å². The minimum absolute atomic E-state index is 0. The van der Waals surface area contributed by atoms with Gasteiger partial charge in [-0.15, -0.1) is 0 Å². The van der Waals surface area contributed by atoms with Gasteiger partial charge in [0.1, 0.15) is 23.1 Å². The van der Waals surface area contributed by atoms with Gasteiger partial charge in [-0.25, -0.2) is 0 Å². The van der Waals surface area contributed by atoms with Gasteiger partial charge in [-0.05, 0) is 202 Å². The van der Waals surface area contributed by atoms with Gasteiger partial charge in [0.15, 0.2) is 11.6 Å². The van der Waals surface area contributed by atoms with Crippen molar-refractivity contribution < 1.29 is 28.8 Å². The summed E-state index contributed by atoms with van der Waals surface area (Å²) in [4.78, 5) is 61.9. The van der Waals surface area contributed by atoms with Crippen LogP contribution in [0.25, 0.3) is 108 Å². The number of carbonyl (C=O) groups excluding carboxylic acids is 6. The molecule has 0 atom stereocenters. The van der Waals surface area contributed by atoms with E-state index < -0.39 is 0 Å². The fraction of sp³-hybridized carbons (Fsp3) is 0.254. The summed E-state index contributed by atoms with van der Waals surface area (Å²) in [5, 5.41) is 24.6. The molecule has 132 heavy (non-hydrogen) atoms. The molecule has 18 aromatic rings. The zero-order chi connectivity index (χ0) is 94.0. The Morgan fingerprint density at radius 2 is 0.227 bits per heavy atom. The van der Waals surface area contributed by atoms with E-state index in [4.69, 9.17) is 0 Å². The lowest BCUT2D eigenvalue weighted by atomic mass is 9.89. The number of fused-ring (bicyclic) bond motifs is 10. The second-order valence-corrected chi connectivity index (χ2v) is 28.4. The molecule has 0 aliphatic heterocycles. The number of ketones is 6. The third kappa shape index (κ3) is 48.8. The second-order valence-electron chi connectivity index (χ2n) is 28.4. The number of Topliss-reactive ketones (excluding diaryl/α,β-unsaturated/α-hetero) is 6. The summed E-state index contributed by atoms with van der Waals surface area (Å²) in [7, 11) is 0. The molecular formula is C126H164O6. The van der Waals surface area contributed by atoms with Gasteiger partial charge in [0, 0.05) is 11.1 Å². The lowest BCUT2D eigenvalue weighted by Crippen LogP contribution is -2.02. The summed E-state index contributed by atoms with van der Waals surface area (Å²) in [5.74, 6) is 0.708. The van der Waals surface area contributed by atoms with Crippen molar-refractivity contribution in [2.75, 3.05) is 0 Å². The van der Waals surface area contributed by atoms with Crippen LogP contribution in [0.15, 0.2) is 388 Å². The summed E-state index contributed by atoms with van der Waals surface area (Å²) >= 11 is 0. The van der Waals surface area contributed by atoms with Crippen molar-refractivity contribution in [1.29, 1.82) is 0 Å². The molecule has 0 amide bonds. The van der Waals surface area contributed by atoms with Crippen molar-refractivity contribution in [3.63, 3.8) is 0 Å². The second kappa shape index (κ2) is 78.6. The van der Waals surface area contributed by atoms with Gasteiger partial charge in [0.25, 0.3) is 0 Å². The first-order valence-corrected chi connectivity index (χ1v) is 44.3. The van der Waals surface area contributed by atoms with Crippen molar-refractivity contribution in [1.82, 2.24) is 0 Å². The monoisotopic (exact) mass is 1770 g/mol. The SMILES string of the molecule is C.C.C.C.C.C.CC.CC.CC.CC.CC(=O)c1c2ccccc2c(C(C)=O)c2ccccc12.CC(C)=O.CC(C)=O.CC(C)=O.CC(C)=O.CCC.CCC.Cc1c2ccccc2c(C)c2ccccc12.c1ccc2ccccc2c1.c1ccc2ccccc2c1.c1ccc2ccccc2c1.c1ccc2ccccc2c1.c1ccc2ccccc2c1.c1ccc2ccccc2c1. The molecule has 0 bridgehead atoms. The Kier molecular flexibility index (Phi) is 77.0. The van der Waals surface area contributed by atoms with Gasteiger partial charge in [-0.3, -0.25) is 9.59 Å². The highest BCUT2D eigenvalue weighted by atomic mass is 16.1. The summed E-state index contributed by atoms with van der Waals surface area (Å²) in [6.07, 6.45) is 2.50. The Labute approximate surface area is 800 Å². The van der Waals surface area contributed by atoms with Crippen LogP contribution in [0.4, 0.5) is 0 Å². The van der Waals surface area contributed by atoms with Gasteiger partial charge in [-0.2, -0.15) is 0 Å². The quantitative estimate of drug-likeness (QED) is 0.126. The number of hydrogen-bond acceptors (Lipinski definition) is 6. The molecule has 0 saturated carbocycles. The maximum absolute atomic E-state index is 12.1. The lowest BCUT2D eigenvalue weighted by Gasteiger charge is -2.13. The maximum Gasteiger partial charge on any atom is 0.161 e. The topological polar surface area (TPSA) is 102 Å². The number of aryl methyl sites for hydroxylation is 2. The van der Waals surface area contributed by atoms with E-state index in [9.17, 15) is 28.8 Å². The van der Waals surface area contributed by atoms with Gasteiger partial charge in [0.2, 0.25) is 0 Å². The van der Waals surface area contributed by atoms with E-state index in [0.717, 1.165) is 21.5 Å². The lowest BCUT2D eigenvalue weighted by molar-refractivity contribution is -0.115. The number of hydrogen-bond donors (Lipinski definition) is 0. The highest BCUT2D eigenvalue weighted by molar-refractivity contribution is 6.26. The molecular weight excluding hydrogens is 1610 g/mol. The first-order valence-electron chi connectivity index (χ1n) is 44.3. The van der Waals surface area contributed by atoms with Crippen LogP contribution >= 0.6 is 0 Å². The van der Waals surface area contributed by atoms with E-state index in [1.54, 1.807) is 13.8 Å². The summed E-state index contributed by atoms with van der Waals surface area (Å²) in [6, 6.07) is 133. The van der Waals surface area contributed by atoms with E-state index >= 15 is 0 Å². The van der Waals surface area contributed by atoms with Crippen LogP contribution in [-0.4, -0.2) is 34.7 Å². The summed E-state index contributed by atoms with van der Waals surface area (Å²) in [5.41, 5.74) is 4.16. The smallest absolute Gasteiger partial charge is 0.161 e. The first kappa shape index (κ1) is 129. The van der Waals surface area contributed by atoms with Crippen molar-refractivity contribution in [3.05, 3.63) is 411 Å². The average molecular weight is 1770 g/mol. The molecule has 6 nitrogen and oxygen atoms in total. The zero-order valence-electron chi connectivity index (χ0n) is 79.8. The summed E-state index contributed by atoms with van der Waals surface area (Å²) < 4.78 is 0. The molecule has 6 heteroatoms. The molecule has 0 saturated heterocycles. The normalized spacial score (nSPS) is 8.79. The van der Waals surface area contributed by atoms with E-state index in [1.807, 2.05) is 104 Å². The van der Waals surface area contributed by atoms with E-state index in [-0.39, 0.29) is 79.3 Å². The Hall–Kier alpha value is -13.4. The molecule has 0 spiro atoms. The predicted octanol–water partition coefficient (Wildman–Crippen LogP) is 39.2. The first-order chi connectivity index (χ1) is 61.0. The molecule has 0 radical (unpaired) electrons. The van der Waals surface area contributed by atoms with Gasteiger partial charge < -0.3 is 19.2 Å². The van der Waals surface area contributed by atoms with Crippen LogP contribution in [0.2, 0.25) is 0 Å². The highest BCUT2D eigenvalue weighted by Crippen LogP contribution is 2.35. The van der Waals surface area contributed by atoms with Crippen LogP contribution in [0, 0.1) is 13.8 Å². The maximum atomic E-state index is 12.1. The van der Waals surface area contributed by atoms with Crippen LogP contribution in [-0.2, 0) is 19.2 Å². The van der Waals surface area contributed by atoms with Crippen LogP contribution in [0.5, 0.6) is 0 Å². The minimum Gasteiger partial charge on any atom is -0.300 e. The molecule has 704 valence electrons. The van der Waals surface area contributed by atoms with E-state index in [0.29, 0.717) is 11.1 Å². The highest BCUT2D eigenvalue weighted by Gasteiger charge is 2.18. The van der Waals surface area contributed by atoms with E-state index in [1.165, 1.54) is 166 Å². The Bertz CT molecular complexity index is 4870. The van der Waals surface area contributed by atoms with Crippen LogP contribution < -0.4 is 0 Å². The number of rotatable bonds is 2. The molecule has 0 heterocycles. The molecule has 18 aromatic carbocycles. The van der Waals surface area contributed by atoms with Crippen molar-refractivity contribution in [2.24, 2.45) is 0 Å². The molecule has 0 unspecified atom stereocenters. The van der Waals surface area contributed by atoms with Gasteiger partial charge >= 0.3 is 0 Å². The summed E-state index contributed by atoms with van der Waals surface area (Å²) in [6.45, 7) is 44.3. The van der Waals surface area contributed by atoms with Crippen LogP contribution in [0.3, 0.4) is 0 Å². The molecule has 0 N–H and O–H groups in total. The largest absolute Gasteiger partial charge is 0.300 e. The molecule has 0 aliphatic carbocycles. The predicted molar refractivity (Wildman–Crippen MR) is 599 cm³/mol. The molecule has 18 rings (SSSR count). The standard InChI is InChI=1S/C18H14O2.C16H14.6C10H8.4C3H6O.2C3H8.4C2H6.6CH4/c1-11(19)17-13-7-3-5-9-15(13)18(12(2)20)16-10-6-4-8-14(16)17;1-11-13-7-3-5-9-15(13)12(2)16-10-6-4-8-14(11)16;6*1-2-6-10-8-4-3-7-9(10)5-1;4*1-3(2)4;2*1-3-2;4*1-2;;;;;;/h3-10H,1-2H3;3-10H,1-2H3;6*1-8H;4*1-2H3;2*3H2,1-2H3;4*1-2H3;6*1H4. The third-order valence-electron chi connectivity index (χ3n) is 17.1. The molecule has 0 aliphatic rings. The third-order valence-corrected chi connectivity index (χ3v) is 17.1. The fourth-order valence-corrected chi connectivity index (χ4v) is 12.2. The Balaban J connectivity index is -0.000000330. The van der Waals surface area contributed by atoms with Crippen molar-refractivity contribution >= 4 is 142 Å². The fourth-order valence-electron chi connectivity index (χ4n) is 12.2. The van der Waals surface area contributed by atoms with E-state index in [2.05, 4.69) is 381 Å². The number of benzene rings is 18.